The van der Waals surface area contributed by atoms with Crippen LogP contribution in [0.2, 0.25) is 0 Å². The lowest BCUT2D eigenvalue weighted by atomic mass is 9.43. The molecule has 0 unspecified atom stereocenters. The molecule has 18 rings (SSSR count). The van der Waals surface area contributed by atoms with Crippen LogP contribution < -0.4 is 4.90 Å². The van der Waals surface area contributed by atoms with Crippen LogP contribution in [-0.4, -0.2) is 0 Å². The van der Waals surface area contributed by atoms with Gasteiger partial charge in [-0.05, 0) is 217 Å². The van der Waals surface area contributed by atoms with E-state index in [1.54, 1.807) is 11.1 Å². The first kappa shape index (κ1) is 46.2. The Hall–Kier alpha value is -8.78. The van der Waals surface area contributed by atoms with Gasteiger partial charge >= 0.3 is 0 Å². The van der Waals surface area contributed by atoms with Gasteiger partial charge in [-0.1, -0.05) is 218 Å². The molecule has 80 heavy (non-hydrogen) atoms. The highest BCUT2D eigenvalue weighted by Crippen LogP contribution is 2.70. The van der Waals surface area contributed by atoms with Gasteiger partial charge in [-0.2, -0.15) is 0 Å². The van der Waals surface area contributed by atoms with Gasteiger partial charge in [0.05, 0.1) is 11.1 Å². The predicted molar refractivity (Wildman–Crippen MR) is 331 cm³/mol. The van der Waals surface area contributed by atoms with Gasteiger partial charge in [0.25, 0.3) is 0 Å². The number of rotatable bonds is 7. The summed E-state index contributed by atoms with van der Waals surface area (Å²) in [5, 5.41) is 0. The molecular formula is C79H61N. The molecule has 0 saturated heterocycles. The Morgan fingerprint density at radius 3 is 1.26 bits per heavy atom. The lowest BCUT2D eigenvalue weighted by Crippen LogP contribution is -2.55. The Morgan fingerprint density at radius 1 is 0.275 bits per heavy atom. The van der Waals surface area contributed by atoms with Gasteiger partial charge in [0.15, 0.2) is 0 Å². The number of para-hydroxylation sites is 1. The molecule has 0 heterocycles. The van der Waals surface area contributed by atoms with Crippen molar-refractivity contribution in [1.29, 1.82) is 0 Å². The average Bonchev–Trinajstić information content (AvgIpc) is 4.13. The molecule has 2 spiro atoms. The molecule has 7 aliphatic carbocycles. The maximum Gasteiger partial charge on any atom is 0.0720 e. The minimum atomic E-state index is -0.624. The minimum Gasteiger partial charge on any atom is -0.310 e. The molecule has 0 amide bonds. The van der Waals surface area contributed by atoms with Crippen LogP contribution in [0, 0.1) is 23.7 Å². The summed E-state index contributed by atoms with van der Waals surface area (Å²) in [4.78, 5) is 2.66. The first-order valence-corrected chi connectivity index (χ1v) is 29.5. The van der Waals surface area contributed by atoms with Gasteiger partial charge < -0.3 is 4.90 Å². The smallest absolute Gasteiger partial charge is 0.0720 e. The standard InChI is InChI=1S/C79H61N/c1-4-16-53(17-5-1)56-28-30-57(31-29-56)66-22-12-15-27-77(66)80(64-38-40-69-67-23-10-13-25-71(67)78(75(69)49-64)62-43-51-42-52(45-62)46-63(78)44-51)65-39-41-70-68-24-11-14-26-72(68)79(76(70)50-65)73-47-60(54-18-6-2-7-19-54)36-34-58(73)32-33-59-35-37-61(48-74(59)79)55-20-8-3-9-21-55/h1-31,34-41,47-52,62-63H,32-33,42-46H2. The van der Waals surface area contributed by atoms with Crippen molar-refractivity contribution in [1.82, 2.24) is 0 Å². The topological polar surface area (TPSA) is 3.24 Å². The number of aryl methyl sites for hydroxylation is 2. The Kier molecular flexibility index (Phi) is 10.3. The Labute approximate surface area is 470 Å². The third kappa shape index (κ3) is 6.70. The van der Waals surface area contributed by atoms with Gasteiger partial charge in [-0.25, -0.2) is 0 Å². The number of hydrogen-bond donors (Lipinski definition) is 0. The second kappa shape index (κ2) is 17.9. The van der Waals surface area contributed by atoms with Crippen LogP contribution in [0.4, 0.5) is 17.1 Å². The normalized spacial score (nSPS) is 20.8. The van der Waals surface area contributed by atoms with Crippen molar-refractivity contribution < 1.29 is 0 Å². The van der Waals surface area contributed by atoms with E-state index >= 15 is 0 Å². The second-order valence-electron chi connectivity index (χ2n) is 24.2. The molecule has 0 aliphatic heterocycles. The monoisotopic (exact) mass is 1020 g/mol. The fourth-order valence-corrected chi connectivity index (χ4v) is 17.4. The van der Waals surface area contributed by atoms with Gasteiger partial charge in [-0.3, -0.25) is 0 Å². The fourth-order valence-electron chi connectivity index (χ4n) is 17.4. The first-order valence-electron chi connectivity index (χ1n) is 29.5. The summed E-state index contributed by atoms with van der Waals surface area (Å²) in [5.41, 5.74) is 29.8. The van der Waals surface area contributed by atoms with Gasteiger partial charge in [0.1, 0.15) is 0 Å². The largest absolute Gasteiger partial charge is 0.310 e. The quantitative estimate of drug-likeness (QED) is 0.154. The number of anilines is 3. The summed E-state index contributed by atoms with van der Waals surface area (Å²) in [5.74, 6) is 3.06. The van der Waals surface area contributed by atoms with Gasteiger partial charge in [-0.15, -0.1) is 0 Å². The number of benzene rings is 11. The van der Waals surface area contributed by atoms with Crippen LogP contribution in [0.15, 0.2) is 261 Å². The number of fused-ring (bicyclic) bond motifs is 12. The molecule has 382 valence electrons. The molecule has 4 fully saturated rings. The lowest BCUT2D eigenvalue weighted by Gasteiger charge is -2.61. The Morgan fingerprint density at radius 2 is 0.688 bits per heavy atom. The molecule has 0 N–H and O–H groups in total. The molecule has 1 heteroatoms. The minimum absolute atomic E-state index is 0.0259. The molecule has 0 atom stereocenters. The second-order valence-corrected chi connectivity index (χ2v) is 24.2. The first-order chi connectivity index (χ1) is 39.6. The third-order valence-corrected chi connectivity index (χ3v) is 20.4. The zero-order valence-corrected chi connectivity index (χ0v) is 45.0. The van der Waals surface area contributed by atoms with Crippen molar-refractivity contribution in [3.63, 3.8) is 0 Å². The van der Waals surface area contributed by atoms with Crippen molar-refractivity contribution in [3.05, 3.63) is 305 Å². The van der Waals surface area contributed by atoms with E-state index in [2.05, 4.69) is 266 Å². The number of hydrogen-bond acceptors (Lipinski definition) is 1. The molecule has 0 radical (unpaired) electrons. The highest BCUT2D eigenvalue weighted by molar-refractivity contribution is 5.95. The summed E-state index contributed by atoms with van der Waals surface area (Å²) in [6, 6.07) is 100. The number of nitrogens with zero attached hydrogens (tertiary/aromatic N) is 1. The molecule has 1 nitrogen and oxygen atoms in total. The van der Waals surface area contributed by atoms with E-state index in [-0.39, 0.29) is 5.41 Å². The lowest BCUT2D eigenvalue weighted by molar-refractivity contribution is -0.0399. The molecule has 4 bridgehead atoms. The summed E-state index contributed by atoms with van der Waals surface area (Å²) in [7, 11) is 0. The van der Waals surface area contributed by atoms with Crippen LogP contribution in [-0.2, 0) is 23.7 Å². The van der Waals surface area contributed by atoms with E-state index < -0.39 is 5.41 Å². The predicted octanol–water partition coefficient (Wildman–Crippen LogP) is 20.0. The van der Waals surface area contributed by atoms with Crippen molar-refractivity contribution >= 4 is 17.1 Å². The van der Waals surface area contributed by atoms with Crippen LogP contribution in [0.3, 0.4) is 0 Å². The maximum absolute atomic E-state index is 2.69. The van der Waals surface area contributed by atoms with E-state index in [1.807, 2.05) is 0 Å². The molecule has 11 aromatic rings. The molecule has 0 aromatic heterocycles. The summed E-state index contributed by atoms with van der Waals surface area (Å²) < 4.78 is 0. The maximum atomic E-state index is 2.69. The van der Waals surface area contributed by atoms with Crippen LogP contribution in [0.25, 0.3) is 66.8 Å². The summed E-state index contributed by atoms with van der Waals surface area (Å²) >= 11 is 0. The van der Waals surface area contributed by atoms with Crippen LogP contribution in [0.1, 0.15) is 76.6 Å². The van der Waals surface area contributed by atoms with Crippen molar-refractivity contribution in [3.8, 4) is 66.8 Å². The van der Waals surface area contributed by atoms with E-state index in [4.69, 9.17) is 0 Å². The van der Waals surface area contributed by atoms with Crippen LogP contribution in [0.5, 0.6) is 0 Å². The Balaban J connectivity index is 0.934. The third-order valence-electron chi connectivity index (χ3n) is 20.4. The Bertz CT molecular complexity index is 4120. The van der Waals surface area contributed by atoms with Crippen molar-refractivity contribution in [2.24, 2.45) is 23.7 Å². The highest BCUT2D eigenvalue weighted by atomic mass is 15.1. The van der Waals surface area contributed by atoms with E-state index in [9.17, 15) is 0 Å². The molecular weight excluding hydrogens is 963 g/mol. The van der Waals surface area contributed by atoms with E-state index in [0.29, 0.717) is 11.8 Å². The summed E-state index contributed by atoms with van der Waals surface area (Å²) in [6.07, 6.45) is 8.78. The summed E-state index contributed by atoms with van der Waals surface area (Å²) in [6.45, 7) is 0. The van der Waals surface area contributed by atoms with Crippen molar-refractivity contribution in [2.45, 2.75) is 55.8 Å². The van der Waals surface area contributed by atoms with Gasteiger partial charge in [0.2, 0.25) is 0 Å². The SMILES string of the molecule is c1ccc(-c2ccc(-c3ccccc3N(c3ccc4c(c3)C3(c5cc(-c6ccccc6)ccc5CCc5ccc(-c6ccccc6)cc53)c3ccccc3-4)c3ccc4c(c3)C3(c5ccccc5-4)C4CC5CC(C4)CC3C5)cc2)cc1. The molecule has 11 aromatic carbocycles. The zero-order chi connectivity index (χ0) is 52.5. The van der Waals surface area contributed by atoms with E-state index in [0.717, 1.165) is 24.7 Å². The molecule has 4 saturated carbocycles. The average molecular weight is 1020 g/mol. The van der Waals surface area contributed by atoms with Gasteiger partial charge in [0, 0.05) is 22.4 Å². The fraction of sp³-hybridized carbons (Fsp3) is 0.165. The van der Waals surface area contributed by atoms with Crippen LogP contribution >= 0.6 is 0 Å². The van der Waals surface area contributed by atoms with E-state index in [1.165, 1.54) is 149 Å². The zero-order valence-electron chi connectivity index (χ0n) is 45.0. The van der Waals surface area contributed by atoms with Crippen molar-refractivity contribution in [2.75, 3.05) is 4.90 Å². The highest BCUT2D eigenvalue weighted by Gasteiger charge is 2.61. The molecule has 7 aliphatic rings.